The van der Waals surface area contributed by atoms with E-state index in [2.05, 4.69) is 25.7 Å². The van der Waals surface area contributed by atoms with Gasteiger partial charge in [0.15, 0.2) is 11.5 Å². The first-order valence-corrected chi connectivity index (χ1v) is 7.47. The van der Waals surface area contributed by atoms with Crippen molar-refractivity contribution in [2.24, 2.45) is 11.7 Å². The molecule has 0 saturated carbocycles. The molecule has 1 aliphatic rings. The third kappa shape index (κ3) is 3.87. The minimum atomic E-state index is 0.00419. The van der Waals surface area contributed by atoms with Gasteiger partial charge in [-0.25, -0.2) is 0 Å². The Morgan fingerprint density at radius 1 is 1.15 bits per heavy atom. The van der Waals surface area contributed by atoms with E-state index in [0.29, 0.717) is 19.1 Å². The average Bonchev–Trinajstić information content (AvgIpc) is 2.45. The molecule has 0 radical (unpaired) electrons. The zero-order valence-corrected chi connectivity index (χ0v) is 12.8. The minimum Gasteiger partial charge on any atom is -0.486 e. The van der Waals surface area contributed by atoms with Crippen molar-refractivity contribution in [2.75, 3.05) is 32.8 Å². The van der Waals surface area contributed by atoms with Gasteiger partial charge in [0.25, 0.3) is 0 Å². The van der Waals surface area contributed by atoms with Crippen molar-refractivity contribution in [1.82, 2.24) is 4.90 Å². The molecule has 1 aromatic rings. The van der Waals surface area contributed by atoms with Crippen LogP contribution in [0.1, 0.15) is 32.4 Å². The van der Waals surface area contributed by atoms with Crippen LogP contribution in [-0.4, -0.2) is 37.7 Å². The molecule has 4 nitrogen and oxygen atoms in total. The van der Waals surface area contributed by atoms with Crippen molar-refractivity contribution in [1.29, 1.82) is 0 Å². The summed E-state index contributed by atoms with van der Waals surface area (Å²) < 4.78 is 11.2. The molecule has 20 heavy (non-hydrogen) atoms. The van der Waals surface area contributed by atoms with Crippen molar-refractivity contribution in [3.63, 3.8) is 0 Å². The fourth-order valence-electron chi connectivity index (χ4n) is 2.52. The van der Waals surface area contributed by atoms with E-state index in [4.69, 9.17) is 15.2 Å². The normalized spacial score (nSPS) is 15.7. The van der Waals surface area contributed by atoms with Gasteiger partial charge in [0.1, 0.15) is 13.2 Å². The van der Waals surface area contributed by atoms with Crippen molar-refractivity contribution in [2.45, 2.75) is 26.8 Å². The zero-order valence-electron chi connectivity index (χ0n) is 12.8. The summed E-state index contributed by atoms with van der Waals surface area (Å²) in [5, 5.41) is 0. The van der Waals surface area contributed by atoms with E-state index in [9.17, 15) is 0 Å². The molecular formula is C16H26N2O2. The van der Waals surface area contributed by atoms with E-state index < -0.39 is 0 Å². The van der Waals surface area contributed by atoms with Crippen LogP contribution in [0.3, 0.4) is 0 Å². The molecule has 1 unspecified atom stereocenters. The Balaban J connectivity index is 2.02. The molecule has 1 aliphatic heterocycles. The first-order chi connectivity index (χ1) is 9.60. The first-order valence-electron chi connectivity index (χ1n) is 7.47. The molecule has 1 atom stereocenters. The standard InChI is InChI=1S/C16H26N2O2/c1-4-18(10-12(2)3)11-14(17)13-5-6-15-16(9-13)20-8-7-19-15/h5-6,9,12,14H,4,7-8,10-11,17H2,1-3H3. The number of ether oxygens (including phenoxy) is 2. The van der Waals surface area contributed by atoms with Gasteiger partial charge < -0.3 is 20.1 Å². The van der Waals surface area contributed by atoms with Crippen molar-refractivity contribution in [3.8, 4) is 11.5 Å². The summed E-state index contributed by atoms with van der Waals surface area (Å²) in [6.07, 6.45) is 0. The summed E-state index contributed by atoms with van der Waals surface area (Å²) in [5.41, 5.74) is 7.45. The highest BCUT2D eigenvalue weighted by Gasteiger charge is 2.16. The third-order valence-corrected chi connectivity index (χ3v) is 3.52. The van der Waals surface area contributed by atoms with Crippen molar-refractivity contribution in [3.05, 3.63) is 23.8 Å². The van der Waals surface area contributed by atoms with Crippen LogP contribution in [0.5, 0.6) is 11.5 Å². The number of hydrogen-bond acceptors (Lipinski definition) is 4. The van der Waals surface area contributed by atoms with Crippen LogP contribution in [0, 0.1) is 5.92 Å². The second-order valence-electron chi connectivity index (χ2n) is 5.76. The van der Waals surface area contributed by atoms with Crippen LogP contribution < -0.4 is 15.2 Å². The van der Waals surface area contributed by atoms with E-state index in [-0.39, 0.29) is 6.04 Å². The van der Waals surface area contributed by atoms with Gasteiger partial charge in [-0.1, -0.05) is 26.8 Å². The van der Waals surface area contributed by atoms with Crippen LogP contribution in [-0.2, 0) is 0 Å². The molecule has 0 fully saturated rings. The maximum atomic E-state index is 6.34. The van der Waals surface area contributed by atoms with E-state index in [1.54, 1.807) is 0 Å². The highest BCUT2D eigenvalue weighted by Crippen LogP contribution is 2.32. The van der Waals surface area contributed by atoms with Gasteiger partial charge in [-0.05, 0) is 30.2 Å². The summed E-state index contributed by atoms with van der Waals surface area (Å²) in [4.78, 5) is 2.39. The molecular weight excluding hydrogens is 252 g/mol. The molecule has 2 rings (SSSR count). The third-order valence-electron chi connectivity index (χ3n) is 3.52. The van der Waals surface area contributed by atoms with Gasteiger partial charge in [0.05, 0.1) is 0 Å². The number of rotatable bonds is 6. The van der Waals surface area contributed by atoms with E-state index in [1.807, 2.05) is 18.2 Å². The van der Waals surface area contributed by atoms with E-state index in [1.165, 1.54) is 0 Å². The largest absolute Gasteiger partial charge is 0.486 e. The molecule has 1 heterocycles. The van der Waals surface area contributed by atoms with Crippen LogP contribution in [0.15, 0.2) is 18.2 Å². The lowest BCUT2D eigenvalue weighted by molar-refractivity contribution is 0.171. The van der Waals surface area contributed by atoms with E-state index in [0.717, 1.165) is 36.7 Å². The average molecular weight is 278 g/mol. The predicted molar refractivity (Wildman–Crippen MR) is 81.3 cm³/mol. The van der Waals surface area contributed by atoms with Crippen LogP contribution >= 0.6 is 0 Å². The topological polar surface area (TPSA) is 47.7 Å². The fourth-order valence-corrected chi connectivity index (χ4v) is 2.52. The lowest BCUT2D eigenvalue weighted by atomic mass is 10.1. The molecule has 0 spiro atoms. The van der Waals surface area contributed by atoms with Gasteiger partial charge in [-0.15, -0.1) is 0 Å². The maximum absolute atomic E-state index is 6.34. The highest BCUT2D eigenvalue weighted by atomic mass is 16.6. The van der Waals surface area contributed by atoms with Crippen molar-refractivity contribution >= 4 is 0 Å². The number of likely N-dealkylation sites (N-methyl/N-ethyl adjacent to an activating group) is 1. The Labute approximate surface area is 121 Å². The monoisotopic (exact) mass is 278 g/mol. The zero-order chi connectivity index (χ0) is 14.5. The van der Waals surface area contributed by atoms with Gasteiger partial charge in [0, 0.05) is 19.1 Å². The molecule has 4 heteroatoms. The molecule has 0 bridgehead atoms. The van der Waals surface area contributed by atoms with Gasteiger partial charge in [0.2, 0.25) is 0 Å². The Kier molecular flexibility index (Phi) is 5.26. The number of nitrogens with two attached hydrogens (primary N) is 1. The van der Waals surface area contributed by atoms with Gasteiger partial charge >= 0.3 is 0 Å². The molecule has 1 aromatic carbocycles. The SMILES string of the molecule is CCN(CC(C)C)CC(N)c1ccc2c(c1)OCCO2. The number of nitrogens with zero attached hydrogens (tertiary/aromatic N) is 1. The lowest BCUT2D eigenvalue weighted by Gasteiger charge is -2.27. The first kappa shape index (κ1) is 15.1. The molecule has 0 aliphatic carbocycles. The lowest BCUT2D eigenvalue weighted by Crippen LogP contribution is -2.34. The molecule has 0 amide bonds. The summed E-state index contributed by atoms with van der Waals surface area (Å²) in [7, 11) is 0. The quantitative estimate of drug-likeness (QED) is 0.868. The van der Waals surface area contributed by atoms with Gasteiger partial charge in [-0.3, -0.25) is 0 Å². The number of hydrogen-bond donors (Lipinski definition) is 1. The Bertz CT molecular complexity index is 434. The van der Waals surface area contributed by atoms with Gasteiger partial charge in [-0.2, -0.15) is 0 Å². The maximum Gasteiger partial charge on any atom is 0.161 e. The van der Waals surface area contributed by atoms with Crippen LogP contribution in [0.2, 0.25) is 0 Å². The molecule has 0 saturated heterocycles. The number of benzene rings is 1. The Morgan fingerprint density at radius 3 is 2.50 bits per heavy atom. The number of fused-ring (bicyclic) bond motifs is 1. The minimum absolute atomic E-state index is 0.00419. The summed E-state index contributed by atoms with van der Waals surface area (Å²) >= 11 is 0. The van der Waals surface area contributed by atoms with E-state index >= 15 is 0 Å². The Morgan fingerprint density at radius 2 is 1.85 bits per heavy atom. The Hall–Kier alpha value is -1.26. The second-order valence-corrected chi connectivity index (χ2v) is 5.76. The summed E-state index contributed by atoms with van der Waals surface area (Å²) in [5.74, 6) is 2.29. The summed E-state index contributed by atoms with van der Waals surface area (Å²) in [6, 6.07) is 6.02. The summed E-state index contributed by atoms with van der Waals surface area (Å²) in [6.45, 7) is 10.9. The van der Waals surface area contributed by atoms with Crippen LogP contribution in [0.25, 0.3) is 0 Å². The smallest absolute Gasteiger partial charge is 0.161 e. The van der Waals surface area contributed by atoms with Crippen molar-refractivity contribution < 1.29 is 9.47 Å². The second kappa shape index (κ2) is 6.95. The molecule has 2 N–H and O–H groups in total. The molecule has 112 valence electrons. The fraction of sp³-hybridized carbons (Fsp3) is 0.625. The highest BCUT2D eigenvalue weighted by molar-refractivity contribution is 5.44. The van der Waals surface area contributed by atoms with Crippen LogP contribution in [0.4, 0.5) is 0 Å². The predicted octanol–water partition coefficient (Wildman–Crippen LogP) is 2.44. The molecule has 0 aromatic heterocycles.